The number of hydrogen-bond acceptors (Lipinski definition) is 5. The molecule has 2 unspecified atom stereocenters. The molecule has 1 aliphatic rings. The topological polar surface area (TPSA) is 91.1 Å². The van der Waals surface area contributed by atoms with Gasteiger partial charge in [0.25, 0.3) is 5.91 Å². The molecule has 3 rings (SSSR count). The van der Waals surface area contributed by atoms with Crippen LogP contribution >= 0.6 is 0 Å². The normalized spacial score (nSPS) is 24.1. The molecule has 1 aliphatic heterocycles. The van der Waals surface area contributed by atoms with Crippen LogP contribution in [0.3, 0.4) is 0 Å². The number of para-hydroxylation sites is 1. The van der Waals surface area contributed by atoms with E-state index in [1.165, 1.54) is 6.92 Å². The molecule has 2 atom stereocenters. The van der Waals surface area contributed by atoms with Gasteiger partial charge in [0.2, 0.25) is 5.79 Å². The summed E-state index contributed by atoms with van der Waals surface area (Å²) in [7, 11) is 0. The van der Waals surface area contributed by atoms with Gasteiger partial charge in [-0.15, -0.1) is 0 Å². The Labute approximate surface area is 164 Å². The number of hydrogen-bond donors (Lipinski definition) is 1. The number of anilines is 1. The van der Waals surface area contributed by atoms with Crippen molar-refractivity contribution in [1.82, 2.24) is 0 Å². The Morgan fingerprint density at radius 2 is 1.68 bits per heavy atom. The second-order valence-electron chi connectivity index (χ2n) is 7.08. The lowest BCUT2D eigenvalue weighted by Gasteiger charge is -2.30. The van der Waals surface area contributed by atoms with Crippen LogP contribution in [0.1, 0.15) is 19.4 Å². The number of carbonyl (C=O) groups is 2. The summed E-state index contributed by atoms with van der Waals surface area (Å²) < 4.78 is 17.4. The first-order valence-corrected chi connectivity index (χ1v) is 8.98. The molecule has 28 heavy (non-hydrogen) atoms. The molecule has 1 saturated heterocycles. The van der Waals surface area contributed by atoms with Gasteiger partial charge in [-0.1, -0.05) is 48.5 Å². The number of benzene rings is 2. The van der Waals surface area contributed by atoms with Crippen LogP contribution in [-0.4, -0.2) is 36.5 Å². The van der Waals surface area contributed by atoms with Crippen molar-refractivity contribution in [3.8, 4) is 0 Å². The number of nitrogens with two attached hydrogens (primary N) is 1. The number of nitrogens with zero attached hydrogens (tertiary/aromatic N) is 1. The Bertz CT molecular complexity index is 829. The molecule has 0 saturated carbocycles. The lowest BCUT2D eigenvalue weighted by atomic mass is 10.1. The van der Waals surface area contributed by atoms with Crippen LogP contribution in [0.4, 0.5) is 10.5 Å². The number of ether oxygens (including phenoxy) is 3. The van der Waals surface area contributed by atoms with E-state index in [4.69, 9.17) is 19.9 Å². The van der Waals surface area contributed by atoms with Crippen LogP contribution in [0.15, 0.2) is 60.7 Å². The van der Waals surface area contributed by atoms with Gasteiger partial charge >= 0.3 is 6.03 Å². The molecule has 2 aromatic carbocycles. The molecule has 3 amide bonds. The summed E-state index contributed by atoms with van der Waals surface area (Å²) in [6.07, 6.45) is 0. The summed E-state index contributed by atoms with van der Waals surface area (Å²) in [6.45, 7) is 4.07. The number of imide groups is 1. The van der Waals surface area contributed by atoms with E-state index >= 15 is 0 Å². The maximum absolute atomic E-state index is 13.0. The Morgan fingerprint density at radius 3 is 2.29 bits per heavy atom. The Morgan fingerprint density at radius 1 is 1.07 bits per heavy atom. The second-order valence-corrected chi connectivity index (χ2v) is 7.08. The van der Waals surface area contributed by atoms with Crippen molar-refractivity contribution in [2.24, 2.45) is 5.73 Å². The summed E-state index contributed by atoms with van der Waals surface area (Å²) in [5.74, 6) is -2.33. The highest BCUT2D eigenvalue weighted by atomic mass is 16.8. The number of primary amides is 1. The molecule has 7 heteroatoms. The third-order valence-electron chi connectivity index (χ3n) is 4.44. The molecule has 7 nitrogen and oxygen atoms in total. The minimum absolute atomic E-state index is 0.144. The molecule has 0 bridgehead atoms. The molecule has 0 radical (unpaired) electrons. The summed E-state index contributed by atoms with van der Waals surface area (Å²) >= 11 is 0. The quantitative estimate of drug-likeness (QED) is 0.827. The van der Waals surface area contributed by atoms with Crippen molar-refractivity contribution < 1.29 is 23.8 Å². The van der Waals surface area contributed by atoms with E-state index in [1.54, 1.807) is 37.3 Å². The second kappa shape index (κ2) is 8.10. The first-order valence-electron chi connectivity index (χ1n) is 8.98. The zero-order chi connectivity index (χ0) is 20.2. The van der Waals surface area contributed by atoms with Gasteiger partial charge in [0, 0.05) is 0 Å². The Hall–Kier alpha value is -2.74. The molecular weight excluding hydrogens is 360 g/mol. The lowest BCUT2D eigenvalue weighted by Crippen LogP contribution is -2.53. The minimum atomic E-state index is -1.64. The van der Waals surface area contributed by atoms with E-state index in [1.807, 2.05) is 30.3 Å². The van der Waals surface area contributed by atoms with Gasteiger partial charge in [0.05, 0.1) is 25.5 Å². The average molecular weight is 384 g/mol. The van der Waals surface area contributed by atoms with Crippen LogP contribution in [0.2, 0.25) is 0 Å². The molecule has 2 aromatic rings. The van der Waals surface area contributed by atoms with Crippen LogP contribution in [0.5, 0.6) is 0 Å². The van der Waals surface area contributed by atoms with E-state index < -0.39 is 23.3 Å². The largest absolute Gasteiger partial charge is 0.374 e. The van der Waals surface area contributed by atoms with Gasteiger partial charge in [0.1, 0.15) is 5.60 Å². The molecule has 148 valence electrons. The fourth-order valence-electron chi connectivity index (χ4n) is 3.08. The summed E-state index contributed by atoms with van der Waals surface area (Å²) in [5.41, 5.74) is 5.99. The van der Waals surface area contributed by atoms with E-state index in [9.17, 15) is 9.59 Å². The third kappa shape index (κ3) is 4.39. The van der Waals surface area contributed by atoms with Crippen LogP contribution in [-0.2, 0) is 25.6 Å². The summed E-state index contributed by atoms with van der Waals surface area (Å²) in [4.78, 5) is 25.8. The lowest BCUT2D eigenvalue weighted by molar-refractivity contribution is -0.190. The van der Waals surface area contributed by atoms with E-state index in [0.717, 1.165) is 10.5 Å². The fraction of sp³-hybridized carbons (Fsp3) is 0.333. The van der Waals surface area contributed by atoms with Gasteiger partial charge in [0.15, 0.2) is 0 Å². The third-order valence-corrected chi connectivity index (χ3v) is 4.44. The Balaban J connectivity index is 1.67. The molecule has 0 spiro atoms. The summed E-state index contributed by atoms with van der Waals surface area (Å²) in [6, 6.07) is 17.3. The number of urea groups is 1. The molecule has 0 aliphatic carbocycles. The minimum Gasteiger partial charge on any atom is -0.374 e. The SMILES string of the molecule is CC1(COCc2ccccc2)COC(C)(C(=O)N(C(N)=O)c2ccccc2)O1. The van der Waals surface area contributed by atoms with Gasteiger partial charge in [-0.25, -0.2) is 9.69 Å². The predicted molar refractivity (Wildman–Crippen MR) is 103 cm³/mol. The van der Waals surface area contributed by atoms with Gasteiger partial charge in [-0.3, -0.25) is 4.79 Å². The average Bonchev–Trinajstić information content (AvgIpc) is 3.00. The van der Waals surface area contributed by atoms with E-state index in [2.05, 4.69) is 0 Å². The predicted octanol–water partition coefficient (Wildman–Crippen LogP) is 2.84. The van der Waals surface area contributed by atoms with Crippen molar-refractivity contribution in [1.29, 1.82) is 0 Å². The molecule has 1 fully saturated rings. The first kappa shape index (κ1) is 20.0. The van der Waals surface area contributed by atoms with Crippen LogP contribution < -0.4 is 10.6 Å². The van der Waals surface area contributed by atoms with Crippen molar-refractivity contribution in [3.63, 3.8) is 0 Å². The highest BCUT2D eigenvalue weighted by Gasteiger charge is 2.52. The number of rotatable bonds is 6. The van der Waals surface area contributed by atoms with E-state index in [0.29, 0.717) is 12.3 Å². The zero-order valence-electron chi connectivity index (χ0n) is 16.0. The number of carbonyl (C=O) groups excluding carboxylic acids is 2. The van der Waals surface area contributed by atoms with Crippen LogP contribution in [0, 0.1) is 0 Å². The summed E-state index contributed by atoms with van der Waals surface area (Å²) in [5, 5.41) is 0. The van der Waals surface area contributed by atoms with Crippen LogP contribution in [0.25, 0.3) is 0 Å². The Kier molecular flexibility index (Phi) is 5.79. The van der Waals surface area contributed by atoms with Gasteiger partial charge < -0.3 is 19.9 Å². The molecule has 2 N–H and O–H groups in total. The highest BCUT2D eigenvalue weighted by Crippen LogP contribution is 2.34. The van der Waals surface area contributed by atoms with Crippen molar-refractivity contribution in [3.05, 3.63) is 66.2 Å². The molecule has 0 aromatic heterocycles. The van der Waals surface area contributed by atoms with Gasteiger partial charge in [-0.05, 0) is 31.5 Å². The van der Waals surface area contributed by atoms with Crippen molar-refractivity contribution in [2.75, 3.05) is 18.1 Å². The van der Waals surface area contributed by atoms with Crippen molar-refractivity contribution in [2.45, 2.75) is 31.8 Å². The first-order chi connectivity index (χ1) is 13.3. The molecular formula is C21H24N2O5. The molecule has 1 heterocycles. The smallest absolute Gasteiger partial charge is 0.326 e. The van der Waals surface area contributed by atoms with E-state index in [-0.39, 0.29) is 13.2 Å². The zero-order valence-corrected chi connectivity index (χ0v) is 16.0. The fourth-order valence-corrected chi connectivity index (χ4v) is 3.08. The number of amides is 3. The maximum Gasteiger partial charge on any atom is 0.326 e. The van der Waals surface area contributed by atoms with Crippen molar-refractivity contribution >= 4 is 17.6 Å². The standard InChI is InChI=1S/C21H24N2O5/c1-20(14-26-13-16-9-5-3-6-10-16)15-27-21(2,28-20)18(24)23(19(22)25)17-11-7-4-8-12-17/h3-12H,13-15H2,1-2H3,(H2,22,25). The maximum atomic E-state index is 13.0. The van der Waals surface area contributed by atoms with Gasteiger partial charge in [-0.2, -0.15) is 0 Å². The monoisotopic (exact) mass is 384 g/mol. The highest BCUT2D eigenvalue weighted by molar-refractivity contribution is 6.16.